The van der Waals surface area contributed by atoms with Gasteiger partial charge in [0.05, 0.1) is 0 Å². The summed E-state index contributed by atoms with van der Waals surface area (Å²) >= 11 is 5.54. The minimum absolute atomic E-state index is 0.794. The van der Waals surface area contributed by atoms with Crippen LogP contribution in [-0.2, 0) is 0 Å². The molecule has 1 heteroatoms. The molecule has 0 bridgehead atoms. The SMILES string of the molecule is Cl[13c]1[13cH][13cH][13cH][13cH][13cH]1. The van der Waals surface area contributed by atoms with Crippen LogP contribution < -0.4 is 0 Å². The van der Waals surface area contributed by atoms with Crippen LogP contribution in [0, 0.1) is 0 Å². The lowest BCUT2D eigenvalue weighted by Gasteiger charge is -1.80. The standard InChI is InChI=1S/C6H5Cl/c7-6-4-2-1-3-5-6/h1-5H/i1+1,2+1,3+1,4+1,5+1,6+1. The Labute approximate surface area is 47.7 Å². The second-order valence-electron chi connectivity index (χ2n) is 1.30. The average Bonchev–Trinajstić information content (AvgIpc) is 1.69. The molecule has 0 aliphatic heterocycles. The fraction of sp³-hybridized carbons (Fsp3) is 0. The molecule has 0 N–H and O–H groups in total. The quantitative estimate of drug-likeness (QED) is 0.491. The van der Waals surface area contributed by atoms with Crippen molar-refractivity contribution in [1.82, 2.24) is 0 Å². The molecule has 0 saturated carbocycles. The largest absolute Gasteiger partial charge is 0.0843 e. The van der Waals surface area contributed by atoms with Crippen molar-refractivity contribution in [2.24, 2.45) is 0 Å². The van der Waals surface area contributed by atoms with Crippen LogP contribution in [0.3, 0.4) is 0 Å². The summed E-state index contributed by atoms with van der Waals surface area (Å²) in [6, 6.07) is 9.44. The highest BCUT2D eigenvalue weighted by Crippen LogP contribution is 2.03. The topological polar surface area (TPSA) is 0 Å². The third-order valence-electron chi connectivity index (χ3n) is 0.733. The first-order valence-electron chi connectivity index (χ1n) is 2.10. The van der Waals surface area contributed by atoms with Gasteiger partial charge >= 0.3 is 0 Å². The van der Waals surface area contributed by atoms with E-state index in [0.717, 1.165) is 5.02 Å². The summed E-state index contributed by atoms with van der Waals surface area (Å²) in [6.07, 6.45) is 0. The van der Waals surface area contributed by atoms with E-state index in [0.29, 0.717) is 0 Å². The van der Waals surface area contributed by atoms with E-state index in [1.165, 1.54) is 0 Å². The normalized spacial score (nSPS) is 8.71. The Morgan fingerprint density at radius 1 is 1.00 bits per heavy atom. The molecule has 0 nitrogen and oxygen atoms in total. The number of hydrogen-bond acceptors (Lipinski definition) is 0. The summed E-state index contributed by atoms with van der Waals surface area (Å²) in [4.78, 5) is 0. The fourth-order valence-corrected chi connectivity index (χ4v) is 0.560. The molecule has 36 valence electrons. The third kappa shape index (κ3) is 1.20. The Kier molecular flexibility index (Phi) is 1.32. The summed E-state index contributed by atoms with van der Waals surface area (Å²) < 4.78 is 0. The van der Waals surface area contributed by atoms with Crippen LogP contribution in [0.4, 0.5) is 0 Å². The molecular weight excluding hydrogens is 113 g/mol. The van der Waals surface area contributed by atoms with Gasteiger partial charge < -0.3 is 0 Å². The molecule has 0 fully saturated rings. The molecule has 0 radical (unpaired) electrons. The van der Waals surface area contributed by atoms with E-state index in [1.807, 2.05) is 30.3 Å². The molecule has 7 heavy (non-hydrogen) atoms. The zero-order chi connectivity index (χ0) is 5.11. The molecule has 0 spiro atoms. The van der Waals surface area contributed by atoms with Gasteiger partial charge in [-0.15, -0.1) is 0 Å². The highest BCUT2D eigenvalue weighted by molar-refractivity contribution is 6.30. The predicted molar refractivity (Wildman–Crippen MR) is 31.5 cm³/mol. The van der Waals surface area contributed by atoms with Crippen LogP contribution in [0.25, 0.3) is 0 Å². The smallest absolute Gasteiger partial charge is 0.0405 e. The van der Waals surface area contributed by atoms with Crippen LogP contribution in [0.1, 0.15) is 0 Å². The van der Waals surface area contributed by atoms with Crippen molar-refractivity contribution in [2.75, 3.05) is 0 Å². The van der Waals surface area contributed by atoms with E-state index in [1.54, 1.807) is 0 Å². The molecule has 1 rings (SSSR count). The van der Waals surface area contributed by atoms with Crippen LogP contribution in [0.5, 0.6) is 0 Å². The molecular formula is C6H5Cl. The zero-order valence-corrected chi connectivity index (χ0v) is 4.52. The summed E-state index contributed by atoms with van der Waals surface area (Å²) in [5.41, 5.74) is 0. The monoisotopic (exact) mass is 118 g/mol. The van der Waals surface area contributed by atoms with Gasteiger partial charge in [0.1, 0.15) is 0 Å². The molecule has 0 unspecified atom stereocenters. The van der Waals surface area contributed by atoms with Gasteiger partial charge in [-0.1, -0.05) is 29.8 Å². The zero-order valence-electron chi connectivity index (χ0n) is 3.76. The first-order valence-corrected chi connectivity index (χ1v) is 2.48. The second-order valence-corrected chi connectivity index (χ2v) is 1.73. The molecule has 0 aromatic heterocycles. The van der Waals surface area contributed by atoms with Crippen molar-refractivity contribution in [1.29, 1.82) is 0 Å². The molecule has 1 aromatic rings. The van der Waals surface area contributed by atoms with Gasteiger partial charge in [0.2, 0.25) is 0 Å². The molecule has 0 atom stereocenters. The van der Waals surface area contributed by atoms with E-state index in [4.69, 9.17) is 11.6 Å². The van der Waals surface area contributed by atoms with E-state index in [2.05, 4.69) is 0 Å². The van der Waals surface area contributed by atoms with Crippen molar-refractivity contribution in [3.05, 3.63) is 35.4 Å². The van der Waals surface area contributed by atoms with Gasteiger partial charge in [0, 0.05) is 5.02 Å². The highest BCUT2D eigenvalue weighted by atomic mass is 35.5. The lowest BCUT2D eigenvalue weighted by Crippen LogP contribution is -1.55. The van der Waals surface area contributed by atoms with E-state index in [-0.39, 0.29) is 0 Å². The van der Waals surface area contributed by atoms with Crippen molar-refractivity contribution in [3.8, 4) is 0 Å². The number of halogens is 1. The van der Waals surface area contributed by atoms with E-state index >= 15 is 0 Å². The molecule has 0 amide bonds. The number of benzene rings is 1. The first-order chi connectivity index (χ1) is 3.39. The van der Waals surface area contributed by atoms with Crippen molar-refractivity contribution >= 4 is 11.6 Å². The van der Waals surface area contributed by atoms with Gasteiger partial charge in [0.25, 0.3) is 0 Å². The van der Waals surface area contributed by atoms with Crippen molar-refractivity contribution in [2.45, 2.75) is 0 Å². The van der Waals surface area contributed by atoms with Gasteiger partial charge in [0.15, 0.2) is 0 Å². The molecule has 0 heterocycles. The number of rotatable bonds is 0. The summed E-state index contributed by atoms with van der Waals surface area (Å²) in [6.45, 7) is 0. The Bertz CT molecular complexity index is 134. The second kappa shape index (κ2) is 1.99. The molecule has 0 aliphatic rings. The van der Waals surface area contributed by atoms with Gasteiger partial charge in [-0.05, 0) is 12.1 Å². The average molecular weight is 119 g/mol. The Balaban J connectivity index is 3.02. The van der Waals surface area contributed by atoms with E-state index in [9.17, 15) is 0 Å². The van der Waals surface area contributed by atoms with Gasteiger partial charge in [-0.25, -0.2) is 0 Å². The highest BCUT2D eigenvalue weighted by Gasteiger charge is 1.74. The third-order valence-corrected chi connectivity index (χ3v) is 0.985. The number of hydrogen-bond donors (Lipinski definition) is 0. The summed E-state index contributed by atoms with van der Waals surface area (Å²) in [5.74, 6) is 0. The van der Waals surface area contributed by atoms with Crippen LogP contribution in [-0.4, -0.2) is 0 Å². The summed E-state index contributed by atoms with van der Waals surface area (Å²) in [7, 11) is 0. The van der Waals surface area contributed by atoms with Gasteiger partial charge in [-0.2, -0.15) is 0 Å². The summed E-state index contributed by atoms with van der Waals surface area (Å²) in [5, 5.41) is 0.794. The van der Waals surface area contributed by atoms with E-state index < -0.39 is 0 Å². The molecule has 0 aliphatic carbocycles. The fourth-order valence-electron chi connectivity index (χ4n) is 0.415. The minimum atomic E-state index is 0.794. The maximum absolute atomic E-state index is 5.54. The van der Waals surface area contributed by atoms with Crippen LogP contribution in [0.2, 0.25) is 5.02 Å². The lowest BCUT2D eigenvalue weighted by molar-refractivity contribution is 1.71. The van der Waals surface area contributed by atoms with Crippen molar-refractivity contribution in [3.63, 3.8) is 0 Å². The Hall–Kier alpha value is -0.490. The maximum Gasteiger partial charge on any atom is 0.0405 e. The first kappa shape index (κ1) is 4.66. The van der Waals surface area contributed by atoms with Crippen LogP contribution >= 0.6 is 11.6 Å². The van der Waals surface area contributed by atoms with Crippen molar-refractivity contribution < 1.29 is 0 Å². The Morgan fingerprint density at radius 2 is 1.57 bits per heavy atom. The van der Waals surface area contributed by atoms with Crippen LogP contribution in [0.15, 0.2) is 30.3 Å². The maximum atomic E-state index is 5.54. The predicted octanol–water partition coefficient (Wildman–Crippen LogP) is 2.34. The Morgan fingerprint density at radius 3 is 1.86 bits per heavy atom. The molecule has 0 saturated heterocycles. The van der Waals surface area contributed by atoms with Gasteiger partial charge in [-0.3, -0.25) is 0 Å². The minimum Gasteiger partial charge on any atom is -0.0843 e. The lowest BCUT2D eigenvalue weighted by atomic mass is 11.4. The molecule has 1 aromatic carbocycles.